The van der Waals surface area contributed by atoms with E-state index in [9.17, 15) is 4.39 Å². The molecule has 0 amide bonds. The molecule has 0 spiro atoms. The lowest BCUT2D eigenvalue weighted by Gasteiger charge is -2.17. The van der Waals surface area contributed by atoms with E-state index in [4.69, 9.17) is 0 Å². The summed E-state index contributed by atoms with van der Waals surface area (Å²) >= 11 is 0. The molecule has 0 bridgehead atoms. The Morgan fingerprint density at radius 2 is 2.21 bits per heavy atom. The molecule has 19 heavy (non-hydrogen) atoms. The van der Waals surface area contributed by atoms with Crippen molar-refractivity contribution in [1.29, 1.82) is 0 Å². The predicted molar refractivity (Wildman–Crippen MR) is 74.5 cm³/mol. The molecule has 1 unspecified atom stereocenters. The fourth-order valence-electron chi connectivity index (χ4n) is 2.05. The lowest BCUT2D eigenvalue weighted by atomic mass is 10.0. The Morgan fingerprint density at radius 3 is 2.79 bits per heavy atom. The SMILES string of the molecule is CCCNC(c1ccc(C)c(F)c1)c1cn(C)cn1. The molecule has 1 N–H and O–H groups in total. The largest absolute Gasteiger partial charge is 0.340 e. The number of imidazole rings is 1. The van der Waals surface area contributed by atoms with Gasteiger partial charge in [0.1, 0.15) is 5.82 Å². The molecule has 2 rings (SSSR count). The van der Waals surface area contributed by atoms with Gasteiger partial charge in [-0.2, -0.15) is 0 Å². The molecule has 0 saturated carbocycles. The maximum absolute atomic E-state index is 13.7. The van der Waals surface area contributed by atoms with Crippen molar-refractivity contribution in [2.45, 2.75) is 26.3 Å². The van der Waals surface area contributed by atoms with Crippen molar-refractivity contribution in [2.75, 3.05) is 6.54 Å². The minimum Gasteiger partial charge on any atom is -0.340 e. The standard InChI is InChI=1S/C15H20FN3/c1-4-7-17-15(14-9-19(3)10-18-14)12-6-5-11(2)13(16)8-12/h5-6,8-10,15,17H,4,7H2,1-3H3. The van der Waals surface area contributed by atoms with Gasteiger partial charge in [-0.25, -0.2) is 9.37 Å². The van der Waals surface area contributed by atoms with Crippen molar-refractivity contribution in [2.24, 2.45) is 7.05 Å². The fourth-order valence-corrected chi connectivity index (χ4v) is 2.05. The molecule has 1 aromatic carbocycles. The summed E-state index contributed by atoms with van der Waals surface area (Å²) in [5.74, 6) is -0.170. The van der Waals surface area contributed by atoms with E-state index in [0.29, 0.717) is 5.56 Å². The highest BCUT2D eigenvalue weighted by Crippen LogP contribution is 2.22. The Bertz CT molecular complexity index is 548. The maximum atomic E-state index is 13.7. The third kappa shape index (κ3) is 3.20. The first-order valence-corrected chi connectivity index (χ1v) is 6.59. The summed E-state index contributed by atoms with van der Waals surface area (Å²) in [7, 11) is 1.93. The number of benzene rings is 1. The quantitative estimate of drug-likeness (QED) is 0.896. The molecule has 3 nitrogen and oxygen atoms in total. The molecule has 0 saturated heterocycles. The van der Waals surface area contributed by atoms with Gasteiger partial charge in [0.2, 0.25) is 0 Å². The highest BCUT2D eigenvalue weighted by molar-refractivity contribution is 5.30. The zero-order valence-corrected chi connectivity index (χ0v) is 11.7. The summed E-state index contributed by atoms with van der Waals surface area (Å²) < 4.78 is 15.6. The minimum absolute atomic E-state index is 0.0590. The van der Waals surface area contributed by atoms with Crippen LogP contribution in [0, 0.1) is 12.7 Å². The first-order valence-electron chi connectivity index (χ1n) is 6.59. The highest BCUT2D eigenvalue weighted by atomic mass is 19.1. The Morgan fingerprint density at radius 1 is 1.42 bits per heavy atom. The lowest BCUT2D eigenvalue weighted by Crippen LogP contribution is -2.23. The van der Waals surface area contributed by atoms with Crippen LogP contribution in [0.5, 0.6) is 0 Å². The number of nitrogens with one attached hydrogen (secondary N) is 1. The second kappa shape index (κ2) is 5.97. The second-order valence-corrected chi connectivity index (χ2v) is 4.86. The van der Waals surface area contributed by atoms with Crippen LogP contribution in [0.15, 0.2) is 30.7 Å². The zero-order valence-electron chi connectivity index (χ0n) is 11.7. The molecule has 0 radical (unpaired) electrons. The van der Waals surface area contributed by atoms with Crippen LogP contribution in [0.2, 0.25) is 0 Å². The Balaban J connectivity index is 2.33. The number of hydrogen-bond acceptors (Lipinski definition) is 2. The number of hydrogen-bond donors (Lipinski definition) is 1. The van der Waals surface area contributed by atoms with Gasteiger partial charge in [-0.15, -0.1) is 0 Å². The molecule has 0 aliphatic rings. The smallest absolute Gasteiger partial charge is 0.126 e. The molecule has 2 aromatic rings. The van der Waals surface area contributed by atoms with E-state index >= 15 is 0 Å². The Labute approximate surface area is 113 Å². The van der Waals surface area contributed by atoms with E-state index in [1.165, 1.54) is 0 Å². The normalized spacial score (nSPS) is 12.6. The average Bonchev–Trinajstić information content (AvgIpc) is 2.80. The summed E-state index contributed by atoms with van der Waals surface area (Å²) in [6, 6.07) is 5.31. The lowest BCUT2D eigenvalue weighted by molar-refractivity contribution is 0.575. The summed E-state index contributed by atoms with van der Waals surface area (Å²) in [6.07, 6.45) is 4.75. The van der Waals surface area contributed by atoms with E-state index < -0.39 is 0 Å². The van der Waals surface area contributed by atoms with Crippen LogP contribution in [0.4, 0.5) is 4.39 Å². The van der Waals surface area contributed by atoms with Crippen molar-refractivity contribution in [3.8, 4) is 0 Å². The second-order valence-electron chi connectivity index (χ2n) is 4.86. The Kier molecular flexibility index (Phi) is 4.32. The van der Waals surface area contributed by atoms with E-state index in [-0.39, 0.29) is 11.9 Å². The maximum Gasteiger partial charge on any atom is 0.126 e. The van der Waals surface area contributed by atoms with E-state index in [1.807, 2.05) is 29.9 Å². The predicted octanol–water partition coefficient (Wildman–Crippen LogP) is 2.96. The third-order valence-electron chi connectivity index (χ3n) is 3.15. The molecule has 4 heteroatoms. The summed E-state index contributed by atoms with van der Waals surface area (Å²) in [5, 5.41) is 3.42. The summed E-state index contributed by atoms with van der Waals surface area (Å²) in [6.45, 7) is 4.75. The zero-order chi connectivity index (χ0) is 13.8. The van der Waals surface area contributed by atoms with Crippen LogP contribution in [-0.4, -0.2) is 16.1 Å². The number of rotatable bonds is 5. The summed E-state index contributed by atoms with van der Waals surface area (Å²) in [4.78, 5) is 4.38. The van der Waals surface area contributed by atoms with Crippen LogP contribution < -0.4 is 5.32 Å². The fraction of sp³-hybridized carbons (Fsp3) is 0.400. The van der Waals surface area contributed by atoms with E-state index in [2.05, 4.69) is 17.2 Å². The van der Waals surface area contributed by atoms with Gasteiger partial charge in [0.15, 0.2) is 0 Å². The molecule has 0 aliphatic carbocycles. The van der Waals surface area contributed by atoms with Gasteiger partial charge in [0.05, 0.1) is 18.1 Å². The van der Waals surface area contributed by atoms with Gasteiger partial charge in [-0.05, 0) is 37.1 Å². The molecule has 1 aromatic heterocycles. The van der Waals surface area contributed by atoms with Gasteiger partial charge >= 0.3 is 0 Å². The highest BCUT2D eigenvalue weighted by Gasteiger charge is 2.16. The molecule has 0 aliphatic heterocycles. The van der Waals surface area contributed by atoms with Crippen LogP contribution in [0.3, 0.4) is 0 Å². The van der Waals surface area contributed by atoms with Gasteiger partial charge in [-0.3, -0.25) is 0 Å². The van der Waals surface area contributed by atoms with E-state index in [1.54, 1.807) is 19.3 Å². The van der Waals surface area contributed by atoms with Crippen LogP contribution >= 0.6 is 0 Å². The van der Waals surface area contributed by atoms with Gasteiger partial charge in [-0.1, -0.05) is 19.1 Å². The number of aryl methyl sites for hydroxylation is 2. The molecule has 0 fully saturated rings. The van der Waals surface area contributed by atoms with Crippen molar-refractivity contribution < 1.29 is 4.39 Å². The molecule has 1 atom stereocenters. The topological polar surface area (TPSA) is 29.9 Å². The first-order chi connectivity index (χ1) is 9.11. The van der Waals surface area contributed by atoms with Crippen molar-refractivity contribution in [1.82, 2.24) is 14.9 Å². The molecule has 1 heterocycles. The number of nitrogens with zero attached hydrogens (tertiary/aromatic N) is 2. The van der Waals surface area contributed by atoms with Crippen LogP contribution in [-0.2, 0) is 7.05 Å². The monoisotopic (exact) mass is 261 g/mol. The van der Waals surface area contributed by atoms with Crippen molar-refractivity contribution >= 4 is 0 Å². The Hall–Kier alpha value is -1.68. The van der Waals surface area contributed by atoms with Gasteiger partial charge in [0.25, 0.3) is 0 Å². The summed E-state index contributed by atoms with van der Waals surface area (Å²) in [5.41, 5.74) is 2.49. The molecular weight excluding hydrogens is 241 g/mol. The average molecular weight is 261 g/mol. The number of halogens is 1. The van der Waals surface area contributed by atoms with Gasteiger partial charge in [0, 0.05) is 13.2 Å². The van der Waals surface area contributed by atoms with Crippen LogP contribution in [0.1, 0.15) is 36.2 Å². The first kappa shape index (κ1) is 13.7. The number of aromatic nitrogens is 2. The van der Waals surface area contributed by atoms with E-state index in [0.717, 1.165) is 24.2 Å². The van der Waals surface area contributed by atoms with Crippen LogP contribution in [0.25, 0.3) is 0 Å². The van der Waals surface area contributed by atoms with Crippen molar-refractivity contribution in [3.05, 3.63) is 53.4 Å². The van der Waals surface area contributed by atoms with Gasteiger partial charge < -0.3 is 9.88 Å². The molecular formula is C15H20FN3. The van der Waals surface area contributed by atoms with Crippen molar-refractivity contribution in [3.63, 3.8) is 0 Å². The third-order valence-corrected chi connectivity index (χ3v) is 3.15. The minimum atomic E-state index is -0.170. The molecule has 102 valence electrons.